The van der Waals surface area contributed by atoms with Crippen LogP contribution in [0.25, 0.3) is 0 Å². The van der Waals surface area contributed by atoms with Gasteiger partial charge in [0.05, 0.1) is 11.1 Å². The maximum atomic E-state index is 13.4. The molecule has 2 atom stereocenters. The fraction of sp³-hybridized carbons (Fsp3) is 0.364. The predicted molar refractivity (Wildman–Crippen MR) is 114 cm³/mol. The van der Waals surface area contributed by atoms with Crippen LogP contribution in [0, 0.1) is 19.7 Å². The highest BCUT2D eigenvalue weighted by Crippen LogP contribution is 2.20. The SMILES string of the molecule is Cc1cc(C)cc(NC(=O)C2CCC(NC(=O)COc3ccc(Cl)c(F)c3)CN2)c1. The van der Waals surface area contributed by atoms with Crippen LogP contribution in [0.5, 0.6) is 5.75 Å². The van der Waals surface area contributed by atoms with Crippen LogP contribution in [0.15, 0.2) is 36.4 Å². The predicted octanol–water partition coefficient (Wildman–Crippen LogP) is 3.35. The average Bonchev–Trinajstić information content (AvgIpc) is 2.68. The molecule has 0 aromatic heterocycles. The molecular formula is C22H25ClFN3O3. The van der Waals surface area contributed by atoms with E-state index in [1.165, 1.54) is 12.1 Å². The van der Waals surface area contributed by atoms with Gasteiger partial charge in [-0.25, -0.2) is 4.39 Å². The number of amides is 2. The minimum Gasteiger partial charge on any atom is -0.484 e. The van der Waals surface area contributed by atoms with E-state index in [-0.39, 0.29) is 41.3 Å². The van der Waals surface area contributed by atoms with Gasteiger partial charge >= 0.3 is 0 Å². The Balaban J connectivity index is 1.41. The molecule has 8 heteroatoms. The number of piperidine rings is 1. The molecule has 3 rings (SSSR count). The first-order chi connectivity index (χ1) is 14.3. The summed E-state index contributed by atoms with van der Waals surface area (Å²) in [5.41, 5.74) is 2.96. The molecule has 0 spiro atoms. The Labute approximate surface area is 180 Å². The van der Waals surface area contributed by atoms with Crippen LogP contribution < -0.4 is 20.7 Å². The smallest absolute Gasteiger partial charge is 0.258 e. The molecule has 1 heterocycles. The summed E-state index contributed by atoms with van der Waals surface area (Å²) < 4.78 is 18.7. The van der Waals surface area contributed by atoms with Crippen LogP contribution in [0.2, 0.25) is 5.02 Å². The Kier molecular flexibility index (Phi) is 7.29. The van der Waals surface area contributed by atoms with Crippen molar-refractivity contribution in [2.24, 2.45) is 0 Å². The van der Waals surface area contributed by atoms with Gasteiger partial charge in [0.25, 0.3) is 5.91 Å². The van der Waals surface area contributed by atoms with Gasteiger partial charge in [0.1, 0.15) is 11.6 Å². The number of aryl methyl sites for hydroxylation is 2. The Morgan fingerprint density at radius 2 is 1.90 bits per heavy atom. The fourth-order valence-corrected chi connectivity index (χ4v) is 3.58. The number of rotatable bonds is 6. The van der Waals surface area contributed by atoms with E-state index in [0.717, 1.165) is 22.9 Å². The monoisotopic (exact) mass is 433 g/mol. The number of carbonyl (C=O) groups excluding carboxylic acids is 2. The summed E-state index contributed by atoms with van der Waals surface area (Å²) in [4.78, 5) is 24.6. The number of benzene rings is 2. The van der Waals surface area contributed by atoms with Crippen molar-refractivity contribution in [3.8, 4) is 5.75 Å². The van der Waals surface area contributed by atoms with Gasteiger partial charge in [-0.1, -0.05) is 17.7 Å². The van der Waals surface area contributed by atoms with Crippen LogP contribution in [-0.4, -0.2) is 37.0 Å². The third-order valence-electron chi connectivity index (χ3n) is 4.85. The Hall–Kier alpha value is -2.64. The first-order valence-corrected chi connectivity index (χ1v) is 10.2. The molecule has 30 heavy (non-hydrogen) atoms. The summed E-state index contributed by atoms with van der Waals surface area (Å²) in [6, 6.07) is 9.51. The van der Waals surface area contributed by atoms with Gasteiger partial charge < -0.3 is 20.7 Å². The van der Waals surface area contributed by atoms with Crippen molar-refractivity contribution in [3.05, 3.63) is 58.4 Å². The number of nitrogens with one attached hydrogen (secondary N) is 3. The first-order valence-electron chi connectivity index (χ1n) is 9.80. The van der Waals surface area contributed by atoms with Crippen LogP contribution in [0.1, 0.15) is 24.0 Å². The number of carbonyl (C=O) groups is 2. The molecule has 6 nitrogen and oxygen atoms in total. The maximum absolute atomic E-state index is 13.4. The molecule has 0 aliphatic carbocycles. The normalized spacial score (nSPS) is 18.5. The molecule has 160 valence electrons. The van der Waals surface area contributed by atoms with E-state index in [2.05, 4.69) is 22.0 Å². The van der Waals surface area contributed by atoms with Gasteiger partial charge in [-0.2, -0.15) is 0 Å². The number of hydrogen-bond donors (Lipinski definition) is 3. The molecule has 1 saturated heterocycles. The molecule has 0 bridgehead atoms. The summed E-state index contributed by atoms with van der Waals surface area (Å²) in [6.45, 7) is 4.23. The van der Waals surface area contributed by atoms with E-state index in [0.29, 0.717) is 19.4 Å². The number of halogens is 2. The van der Waals surface area contributed by atoms with Crippen LogP contribution in [-0.2, 0) is 9.59 Å². The highest BCUT2D eigenvalue weighted by Gasteiger charge is 2.26. The topological polar surface area (TPSA) is 79.5 Å². The molecule has 1 aliphatic rings. The Morgan fingerprint density at radius 3 is 2.53 bits per heavy atom. The van der Waals surface area contributed by atoms with Gasteiger partial charge in [-0.3, -0.25) is 9.59 Å². The molecule has 1 aliphatic heterocycles. The summed E-state index contributed by atoms with van der Waals surface area (Å²) in [5.74, 6) is -0.763. The van der Waals surface area contributed by atoms with E-state index in [1.807, 2.05) is 26.0 Å². The minimum absolute atomic E-state index is 0.00351. The lowest BCUT2D eigenvalue weighted by atomic mass is 10.00. The van der Waals surface area contributed by atoms with Crippen molar-refractivity contribution in [3.63, 3.8) is 0 Å². The third-order valence-corrected chi connectivity index (χ3v) is 5.15. The Morgan fingerprint density at radius 1 is 1.17 bits per heavy atom. The van der Waals surface area contributed by atoms with E-state index in [4.69, 9.17) is 16.3 Å². The fourth-order valence-electron chi connectivity index (χ4n) is 3.46. The quantitative estimate of drug-likeness (QED) is 0.652. The van der Waals surface area contributed by atoms with Gasteiger partial charge in [0, 0.05) is 24.3 Å². The number of anilines is 1. The van der Waals surface area contributed by atoms with E-state index >= 15 is 0 Å². The lowest BCUT2D eigenvalue weighted by Gasteiger charge is -2.29. The standard InChI is InChI=1S/C22H25ClFN3O3/c1-13-7-14(2)9-16(8-13)27-22(29)20-6-3-15(11-25-20)26-21(28)12-30-17-4-5-18(23)19(24)10-17/h4-5,7-10,15,20,25H,3,6,11-12H2,1-2H3,(H,26,28)(H,27,29). The van der Waals surface area contributed by atoms with Crippen LogP contribution >= 0.6 is 11.6 Å². The van der Waals surface area contributed by atoms with Gasteiger partial charge in [-0.15, -0.1) is 0 Å². The molecule has 2 aromatic carbocycles. The number of ether oxygens (including phenoxy) is 1. The first kappa shape index (κ1) is 22.1. The third kappa shape index (κ3) is 6.18. The van der Waals surface area contributed by atoms with Crippen molar-refractivity contribution in [2.75, 3.05) is 18.5 Å². The highest BCUT2D eigenvalue weighted by atomic mass is 35.5. The van der Waals surface area contributed by atoms with E-state index in [1.54, 1.807) is 0 Å². The van der Waals surface area contributed by atoms with Crippen molar-refractivity contribution < 1.29 is 18.7 Å². The maximum Gasteiger partial charge on any atom is 0.258 e. The summed E-state index contributed by atoms with van der Waals surface area (Å²) >= 11 is 5.62. The second-order valence-corrected chi connectivity index (χ2v) is 7.94. The van der Waals surface area contributed by atoms with Crippen molar-refractivity contribution in [2.45, 2.75) is 38.8 Å². The lowest BCUT2D eigenvalue weighted by Crippen LogP contribution is -2.53. The molecule has 3 N–H and O–H groups in total. The molecule has 0 radical (unpaired) electrons. The van der Waals surface area contributed by atoms with Gasteiger partial charge in [0.15, 0.2) is 6.61 Å². The van der Waals surface area contributed by atoms with Crippen LogP contribution in [0.3, 0.4) is 0 Å². The largest absolute Gasteiger partial charge is 0.484 e. The second kappa shape index (κ2) is 9.91. The molecule has 1 fully saturated rings. The molecular weight excluding hydrogens is 409 g/mol. The van der Waals surface area contributed by atoms with E-state index < -0.39 is 5.82 Å². The average molecular weight is 434 g/mol. The van der Waals surface area contributed by atoms with Crippen molar-refractivity contribution in [1.29, 1.82) is 0 Å². The van der Waals surface area contributed by atoms with Crippen molar-refractivity contribution in [1.82, 2.24) is 10.6 Å². The zero-order chi connectivity index (χ0) is 21.7. The number of hydrogen-bond acceptors (Lipinski definition) is 4. The summed E-state index contributed by atoms with van der Waals surface area (Å²) in [7, 11) is 0. The van der Waals surface area contributed by atoms with Crippen LogP contribution in [0.4, 0.5) is 10.1 Å². The summed E-state index contributed by atoms with van der Waals surface area (Å²) in [6.07, 6.45) is 1.27. The van der Waals surface area contributed by atoms with Crippen molar-refractivity contribution >= 4 is 29.1 Å². The zero-order valence-corrected chi connectivity index (χ0v) is 17.7. The lowest BCUT2D eigenvalue weighted by molar-refractivity contribution is -0.124. The molecule has 2 amide bonds. The Bertz CT molecular complexity index is 910. The second-order valence-electron chi connectivity index (χ2n) is 7.53. The molecule has 2 aromatic rings. The van der Waals surface area contributed by atoms with Gasteiger partial charge in [-0.05, 0) is 62.1 Å². The highest BCUT2D eigenvalue weighted by molar-refractivity contribution is 6.30. The van der Waals surface area contributed by atoms with Gasteiger partial charge in [0.2, 0.25) is 5.91 Å². The zero-order valence-electron chi connectivity index (χ0n) is 16.9. The molecule has 0 saturated carbocycles. The van der Waals surface area contributed by atoms with E-state index in [9.17, 15) is 14.0 Å². The summed E-state index contributed by atoms with van der Waals surface area (Å²) in [5, 5.41) is 8.98. The molecule has 2 unspecified atom stereocenters. The minimum atomic E-state index is -0.601.